The number of carbonyl (C=O) groups is 1. The summed E-state index contributed by atoms with van der Waals surface area (Å²) in [6.45, 7) is 0.630. The Bertz CT molecular complexity index is 1210. The van der Waals surface area contributed by atoms with Crippen LogP contribution in [0.15, 0.2) is 97.3 Å². The van der Waals surface area contributed by atoms with Crippen molar-refractivity contribution >= 4 is 23.0 Å². The second kappa shape index (κ2) is 8.32. The Morgan fingerprint density at radius 2 is 1.68 bits per heavy atom. The fourth-order valence-electron chi connectivity index (χ4n) is 3.81. The van der Waals surface area contributed by atoms with Crippen LogP contribution in [0.5, 0.6) is 11.5 Å². The fraction of sp³-hybridized carbons (Fsp3) is 0.0769. The van der Waals surface area contributed by atoms with E-state index in [1.807, 2.05) is 89.8 Å². The SMILES string of the molecule is O=C(c1cccc(Nc2ccncc2)c1)N1CCc2c(Oc3ccccc3)cccc21. The molecule has 0 spiro atoms. The van der Waals surface area contributed by atoms with E-state index in [1.54, 1.807) is 12.4 Å². The largest absolute Gasteiger partial charge is 0.457 e. The summed E-state index contributed by atoms with van der Waals surface area (Å²) in [6.07, 6.45) is 4.22. The van der Waals surface area contributed by atoms with Crippen LogP contribution in [0.1, 0.15) is 15.9 Å². The number of amides is 1. The number of ether oxygens (including phenoxy) is 1. The quantitative estimate of drug-likeness (QED) is 0.453. The van der Waals surface area contributed by atoms with Crippen molar-refractivity contribution in [2.24, 2.45) is 0 Å². The zero-order chi connectivity index (χ0) is 21.0. The van der Waals surface area contributed by atoms with Gasteiger partial charge in [-0.25, -0.2) is 0 Å². The van der Waals surface area contributed by atoms with E-state index < -0.39 is 0 Å². The van der Waals surface area contributed by atoms with Crippen LogP contribution in [0.3, 0.4) is 0 Å². The predicted octanol–water partition coefficient (Wildman–Crippen LogP) is 5.82. The summed E-state index contributed by atoms with van der Waals surface area (Å²) in [5.41, 5.74) is 4.39. The van der Waals surface area contributed by atoms with E-state index in [4.69, 9.17) is 4.74 Å². The molecule has 4 aromatic rings. The lowest BCUT2D eigenvalue weighted by atomic mass is 10.1. The maximum atomic E-state index is 13.3. The van der Waals surface area contributed by atoms with E-state index in [1.165, 1.54) is 0 Å². The van der Waals surface area contributed by atoms with Gasteiger partial charge in [0.1, 0.15) is 11.5 Å². The number of nitrogens with one attached hydrogen (secondary N) is 1. The molecule has 152 valence electrons. The third-order valence-corrected chi connectivity index (χ3v) is 5.28. The molecule has 3 aromatic carbocycles. The van der Waals surface area contributed by atoms with E-state index in [2.05, 4.69) is 10.3 Å². The molecule has 1 aromatic heterocycles. The minimum atomic E-state index is -0.0195. The number of pyridine rings is 1. The first-order chi connectivity index (χ1) is 15.3. The summed E-state index contributed by atoms with van der Waals surface area (Å²) < 4.78 is 6.09. The molecule has 5 nitrogen and oxygen atoms in total. The zero-order valence-electron chi connectivity index (χ0n) is 16.9. The van der Waals surface area contributed by atoms with Crippen LogP contribution in [-0.4, -0.2) is 17.4 Å². The molecule has 1 N–H and O–H groups in total. The molecule has 1 amide bonds. The smallest absolute Gasteiger partial charge is 0.258 e. The van der Waals surface area contributed by atoms with Crippen molar-refractivity contribution in [2.45, 2.75) is 6.42 Å². The van der Waals surface area contributed by atoms with Crippen molar-refractivity contribution in [2.75, 3.05) is 16.8 Å². The maximum absolute atomic E-state index is 13.3. The number of fused-ring (bicyclic) bond motifs is 1. The minimum Gasteiger partial charge on any atom is -0.457 e. The van der Waals surface area contributed by atoms with Gasteiger partial charge in [0.2, 0.25) is 0 Å². The highest BCUT2D eigenvalue weighted by Crippen LogP contribution is 2.38. The number of hydrogen-bond acceptors (Lipinski definition) is 4. The summed E-state index contributed by atoms with van der Waals surface area (Å²) in [4.78, 5) is 19.2. The van der Waals surface area contributed by atoms with Crippen molar-refractivity contribution in [3.8, 4) is 11.5 Å². The maximum Gasteiger partial charge on any atom is 0.258 e. The van der Waals surface area contributed by atoms with Crippen LogP contribution in [0.4, 0.5) is 17.1 Å². The van der Waals surface area contributed by atoms with Crippen LogP contribution < -0.4 is 15.0 Å². The van der Waals surface area contributed by atoms with E-state index >= 15 is 0 Å². The molecule has 1 aliphatic heterocycles. The van der Waals surface area contributed by atoms with E-state index in [0.29, 0.717) is 12.1 Å². The Hall–Kier alpha value is -4.12. The molecule has 1 aliphatic rings. The molecule has 0 saturated heterocycles. The first kappa shape index (κ1) is 18.9. The van der Waals surface area contributed by atoms with Gasteiger partial charge in [0, 0.05) is 41.4 Å². The Labute approximate surface area is 180 Å². The van der Waals surface area contributed by atoms with Gasteiger partial charge in [0.15, 0.2) is 0 Å². The number of carbonyl (C=O) groups excluding carboxylic acids is 1. The normalized spacial score (nSPS) is 12.3. The second-order valence-electron chi connectivity index (χ2n) is 7.32. The highest BCUT2D eigenvalue weighted by Gasteiger charge is 2.28. The van der Waals surface area contributed by atoms with E-state index in [0.717, 1.165) is 40.5 Å². The van der Waals surface area contributed by atoms with Gasteiger partial charge < -0.3 is 15.0 Å². The molecule has 0 aliphatic carbocycles. The molecule has 2 heterocycles. The molecular weight excluding hydrogens is 386 g/mol. The first-order valence-electron chi connectivity index (χ1n) is 10.2. The lowest BCUT2D eigenvalue weighted by molar-refractivity contribution is 0.0989. The summed E-state index contributed by atoms with van der Waals surface area (Å²) in [5, 5.41) is 3.31. The third kappa shape index (κ3) is 3.98. The molecule has 0 radical (unpaired) electrons. The summed E-state index contributed by atoms with van der Waals surface area (Å²) in [5.74, 6) is 1.57. The summed E-state index contributed by atoms with van der Waals surface area (Å²) >= 11 is 0. The van der Waals surface area contributed by atoms with Gasteiger partial charge in [-0.1, -0.05) is 30.3 Å². The minimum absolute atomic E-state index is 0.0195. The Morgan fingerprint density at radius 3 is 2.52 bits per heavy atom. The van der Waals surface area contributed by atoms with Gasteiger partial charge in [-0.05, 0) is 61.0 Å². The molecule has 31 heavy (non-hydrogen) atoms. The highest BCUT2D eigenvalue weighted by atomic mass is 16.5. The molecule has 5 rings (SSSR count). The van der Waals surface area contributed by atoms with Crippen molar-refractivity contribution in [1.29, 1.82) is 0 Å². The Morgan fingerprint density at radius 1 is 0.871 bits per heavy atom. The molecular formula is C26H21N3O2. The first-order valence-corrected chi connectivity index (χ1v) is 10.2. The van der Waals surface area contributed by atoms with Gasteiger partial charge in [-0.3, -0.25) is 9.78 Å². The number of nitrogens with zero attached hydrogens (tertiary/aromatic N) is 2. The van der Waals surface area contributed by atoms with Gasteiger partial charge >= 0.3 is 0 Å². The van der Waals surface area contributed by atoms with E-state index in [9.17, 15) is 4.79 Å². The van der Waals surface area contributed by atoms with Gasteiger partial charge in [0.05, 0.1) is 5.69 Å². The van der Waals surface area contributed by atoms with Crippen molar-refractivity contribution in [3.05, 3.63) is 108 Å². The van der Waals surface area contributed by atoms with Crippen molar-refractivity contribution in [1.82, 2.24) is 4.98 Å². The zero-order valence-corrected chi connectivity index (χ0v) is 16.9. The molecule has 0 fully saturated rings. The number of para-hydroxylation sites is 1. The average Bonchev–Trinajstić information content (AvgIpc) is 3.25. The average molecular weight is 407 g/mol. The van der Waals surface area contributed by atoms with Crippen LogP contribution in [0.25, 0.3) is 0 Å². The van der Waals surface area contributed by atoms with E-state index in [-0.39, 0.29) is 5.91 Å². The fourth-order valence-corrected chi connectivity index (χ4v) is 3.81. The van der Waals surface area contributed by atoms with Crippen LogP contribution in [0, 0.1) is 0 Å². The Balaban J connectivity index is 1.39. The third-order valence-electron chi connectivity index (χ3n) is 5.28. The molecule has 5 heteroatoms. The number of anilines is 3. The predicted molar refractivity (Wildman–Crippen MR) is 122 cm³/mol. The van der Waals surface area contributed by atoms with Crippen LogP contribution in [-0.2, 0) is 6.42 Å². The monoisotopic (exact) mass is 407 g/mol. The van der Waals surface area contributed by atoms with Gasteiger partial charge in [0.25, 0.3) is 5.91 Å². The number of rotatable bonds is 5. The summed E-state index contributed by atoms with van der Waals surface area (Å²) in [7, 11) is 0. The second-order valence-corrected chi connectivity index (χ2v) is 7.32. The highest BCUT2D eigenvalue weighted by molar-refractivity contribution is 6.08. The number of aromatic nitrogens is 1. The molecule has 0 unspecified atom stereocenters. The topological polar surface area (TPSA) is 54.5 Å². The molecule has 0 bridgehead atoms. The summed E-state index contributed by atoms with van der Waals surface area (Å²) in [6, 6.07) is 26.9. The Kier molecular flexibility index (Phi) is 5.07. The molecule has 0 atom stereocenters. The van der Waals surface area contributed by atoms with Crippen LogP contribution in [0.2, 0.25) is 0 Å². The van der Waals surface area contributed by atoms with Crippen molar-refractivity contribution in [3.63, 3.8) is 0 Å². The molecule has 0 saturated carbocycles. The van der Waals surface area contributed by atoms with Gasteiger partial charge in [-0.2, -0.15) is 0 Å². The van der Waals surface area contributed by atoms with Gasteiger partial charge in [-0.15, -0.1) is 0 Å². The van der Waals surface area contributed by atoms with Crippen LogP contribution >= 0.6 is 0 Å². The lowest BCUT2D eigenvalue weighted by Crippen LogP contribution is -2.28. The lowest BCUT2D eigenvalue weighted by Gasteiger charge is -2.18. The number of hydrogen-bond donors (Lipinski definition) is 1. The number of benzene rings is 3. The van der Waals surface area contributed by atoms with Crippen molar-refractivity contribution < 1.29 is 9.53 Å². The standard InChI is InChI=1S/C26H21N3O2/c30-26(19-6-4-7-21(18-19)28-20-12-15-27-16-13-20)29-17-14-23-24(29)10-5-11-25(23)31-22-8-2-1-3-9-22/h1-13,15-16,18H,14,17H2,(H,27,28).